The quantitative estimate of drug-likeness (QED) is 0.767. The lowest BCUT2D eigenvalue weighted by Gasteiger charge is -2.34. The van der Waals surface area contributed by atoms with Crippen molar-refractivity contribution >= 4 is 11.7 Å². The van der Waals surface area contributed by atoms with Gasteiger partial charge in [0.05, 0.1) is 12.7 Å². The van der Waals surface area contributed by atoms with Gasteiger partial charge in [-0.1, -0.05) is 24.3 Å². The molecular formula is C22H27NO2. The number of hydrogen-bond donors (Lipinski definition) is 0. The largest absolute Gasteiger partial charge is 0.465 e. The van der Waals surface area contributed by atoms with E-state index < -0.39 is 0 Å². The summed E-state index contributed by atoms with van der Waals surface area (Å²) in [5, 5.41) is 0. The van der Waals surface area contributed by atoms with E-state index in [4.69, 9.17) is 4.74 Å². The van der Waals surface area contributed by atoms with E-state index in [1.54, 1.807) is 0 Å². The van der Waals surface area contributed by atoms with Crippen molar-refractivity contribution in [2.75, 3.05) is 25.1 Å². The maximum atomic E-state index is 12.0. The van der Waals surface area contributed by atoms with Crippen LogP contribution in [0.1, 0.15) is 39.9 Å². The number of aryl methyl sites for hydroxylation is 2. The second-order valence-corrected chi connectivity index (χ2v) is 7.06. The Kier molecular flexibility index (Phi) is 5.42. The molecule has 0 amide bonds. The Morgan fingerprint density at radius 1 is 1.08 bits per heavy atom. The van der Waals surface area contributed by atoms with Crippen LogP contribution < -0.4 is 4.90 Å². The number of hydrogen-bond acceptors (Lipinski definition) is 3. The van der Waals surface area contributed by atoms with Crippen LogP contribution in [0, 0.1) is 19.8 Å². The second kappa shape index (κ2) is 7.73. The Labute approximate surface area is 150 Å². The van der Waals surface area contributed by atoms with Gasteiger partial charge >= 0.3 is 5.97 Å². The summed E-state index contributed by atoms with van der Waals surface area (Å²) >= 11 is 0. The molecule has 132 valence electrons. The van der Waals surface area contributed by atoms with Crippen molar-refractivity contribution in [3.05, 3.63) is 64.7 Å². The maximum absolute atomic E-state index is 12.0. The van der Waals surface area contributed by atoms with Crippen molar-refractivity contribution < 1.29 is 9.53 Å². The van der Waals surface area contributed by atoms with Crippen LogP contribution in [0.25, 0.3) is 0 Å². The van der Waals surface area contributed by atoms with Crippen molar-refractivity contribution in [2.24, 2.45) is 5.92 Å². The lowest BCUT2D eigenvalue weighted by Crippen LogP contribution is -2.34. The van der Waals surface area contributed by atoms with E-state index in [9.17, 15) is 4.79 Å². The average Bonchev–Trinajstić information content (AvgIpc) is 2.64. The van der Waals surface area contributed by atoms with Crippen molar-refractivity contribution in [2.45, 2.75) is 33.1 Å². The number of piperidine rings is 1. The van der Waals surface area contributed by atoms with Crippen molar-refractivity contribution in [1.82, 2.24) is 0 Å². The number of para-hydroxylation sites is 1. The molecule has 0 atom stereocenters. The summed E-state index contributed by atoms with van der Waals surface area (Å²) in [6.45, 7) is 6.32. The third kappa shape index (κ3) is 4.04. The van der Waals surface area contributed by atoms with Crippen molar-refractivity contribution in [1.29, 1.82) is 0 Å². The smallest absolute Gasteiger partial charge is 0.338 e. The predicted molar refractivity (Wildman–Crippen MR) is 102 cm³/mol. The monoisotopic (exact) mass is 337 g/mol. The minimum Gasteiger partial charge on any atom is -0.465 e. The number of esters is 1. The first kappa shape index (κ1) is 17.5. The average molecular weight is 337 g/mol. The van der Waals surface area contributed by atoms with E-state index >= 15 is 0 Å². The van der Waals surface area contributed by atoms with Gasteiger partial charge < -0.3 is 9.64 Å². The van der Waals surface area contributed by atoms with E-state index in [0.717, 1.165) is 25.1 Å². The molecule has 3 heteroatoms. The minimum atomic E-state index is -0.238. The number of ether oxygens (including phenoxy) is 1. The zero-order chi connectivity index (χ0) is 17.8. The summed E-state index contributed by atoms with van der Waals surface area (Å²) in [7, 11) is 1.45. The van der Waals surface area contributed by atoms with Gasteiger partial charge in [0.15, 0.2) is 0 Å². The fourth-order valence-electron chi connectivity index (χ4n) is 3.79. The number of carbonyl (C=O) groups excluding carboxylic acids is 1. The highest BCUT2D eigenvalue weighted by Gasteiger charge is 2.21. The molecule has 2 aromatic rings. The van der Waals surface area contributed by atoms with E-state index in [2.05, 4.69) is 48.2 Å². The van der Waals surface area contributed by atoms with Gasteiger partial charge in [-0.2, -0.15) is 0 Å². The number of nitrogens with zero attached hydrogens (tertiary/aromatic N) is 1. The molecule has 3 rings (SSSR count). The van der Waals surface area contributed by atoms with E-state index in [1.165, 1.54) is 36.8 Å². The molecule has 0 spiro atoms. The molecule has 0 unspecified atom stereocenters. The molecule has 2 aromatic carbocycles. The normalized spacial score (nSPS) is 15.2. The first-order valence-electron chi connectivity index (χ1n) is 9.07. The molecule has 1 heterocycles. The van der Waals surface area contributed by atoms with Crippen LogP contribution >= 0.6 is 0 Å². The van der Waals surface area contributed by atoms with Crippen LogP contribution in [-0.2, 0) is 11.2 Å². The molecular weight excluding hydrogens is 310 g/mol. The molecule has 0 bridgehead atoms. The van der Waals surface area contributed by atoms with E-state index in [0.29, 0.717) is 11.5 Å². The van der Waals surface area contributed by atoms with Crippen molar-refractivity contribution in [3.8, 4) is 0 Å². The topological polar surface area (TPSA) is 29.5 Å². The molecule has 0 aliphatic carbocycles. The van der Waals surface area contributed by atoms with Crippen LogP contribution in [0.3, 0.4) is 0 Å². The first-order chi connectivity index (χ1) is 12.1. The Morgan fingerprint density at radius 3 is 2.40 bits per heavy atom. The van der Waals surface area contributed by atoms with E-state index in [1.807, 2.05) is 13.0 Å². The summed E-state index contributed by atoms with van der Waals surface area (Å²) in [6, 6.07) is 14.8. The molecule has 3 nitrogen and oxygen atoms in total. The van der Waals surface area contributed by atoms with Crippen LogP contribution in [-0.4, -0.2) is 26.2 Å². The zero-order valence-corrected chi connectivity index (χ0v) is 15.4. The number of benzene rings is 2. The summed E-state index contributed by atoms with van der Waals surface area (Å²) in [6.07, 6.45) is 3.42. The highest BCUT2D eigenvalue weighted by Crippen LogP contribution is 2.27. The lowest BCUT2D eigenvalue weighted by molar-refractivity contribution is 0.0599. The summed E-state index contributed by atoms with van der Waals surface area (Å²) < 4.78 is 4.92. The van der Waals surface area contributed by atoms with Crippen LogP contribution in [0.4, 0.5) is 5.69 Å². The fourth-order valence-corrected chi connectivity index (χ4v) is 3.79. The van der Waals surface area contributed by atoms with Crippen LogP contribution in [0.2, 0.25) is 0 Å². The third-order valence-corrected chi connectivity index (χ3v) is 5.33. The SMILES string of the molecule is COC(=O)c1cc(CC2CCN(c3ccccc3)CC2)c(C)cc1C. The van der Waals surface area contributed by atoms with Crippen molar-refractivity contribution in [3.63, 3.8) is 0 Å². The Balaban J connectivity index is 1.67. The van der Waals surface area contributed by atoms with Crippen LogP contribution in [0.15, 0.2) is 42.5 Å². The summed E-state index contributed by atoms with van der Waals surface area (Å²) in [5.41, 5.74) is 5.57. The standard InChI is InChI=1S/C22H27NO2/c1-16-13-17(2)21(22(24)25-3)15-19(16)14-18-9-11-23(12-10-18)20-7-5-4-6-8-20/h4-8,13,15,18H,9-12,14H2,1-3H3. The van der Waals surface area contributed by atoms with Gasteiger partial charge in [0.2, 0.25) is 0 Å². The first-order valence-corrected chi connectivity index (χ1v) is 9.07. The zero-order valence-electron chi connectivity index (χ0n) is 15.4. The minimum absolute atomic E-state index is 0.238. The Morgan fingerprint density at radius 2 is 1.76 bits per heavy atom. The highest BCUT2D eigenvalue weighted by atomic mass is 16.5. The van der Waals surface area contributed by atoms with Gasteiger partial charge in [0.25, 0.3) is 0 Å². The molecule has 1 fully saturated rings. The number of anilines is 1. The molecule has 0 saturated carbocycles. The molecule has 0 aromatic heterocycles. The second-order valence-electron chi connectivity index (χ2n) is 7.06. The molecule has 0 radical (unpaired) electrons. The van der Waals surface area contributed by atoms with Gasteiger partial charge in [-0.15, -0.1) is 0 Å². The number of carbonyl (C=O) groups is 1. The molecule has 1 saturated heterocycles. The van der Waals surface area contributed by atoms with Crippen LogP contribution in [0.5, 0.6) is 0 Å². The fraction of sp³-hybridized carbons (Fsp3) is 0.409. The van der Waals surface area contributed by atoms with Gasteiger partial charge in [-0.3, -0.25) is 0 Å². The third-order valence-electron chi connectivity index (χ3n) is 5.33. The van der Waals surface area contributed by atoms with E-state index in [-0.39, 0.29) is 5.97 Å². The van der Waals surface area contributed by atoms with Gasteiger partial charge in [-0.05, 0) is 73.9 Å². The predicted octanol–water partition coefficient (Wildman–Crippen LogP) is 4.55. The number of rotatable bonds is 4. The highest BCUT2D eigenvalue weighted by molar-refractivity contribution is 5.91. The lowest BCUT2D eigenvalue weighted by atomic mass is 9.87. The maximum Gasteiger partial charge on any atom is 0.338 e. The molecule has 25 heavy (non-hydrogen) atoms. The number of methoxy groups -OCH3 is 1. The Hall–Kier alpha value is -2.29. The molecule has 0 N–H and O–H groups in total. The van der Waals surface area contributed by atoms with Gasteiger partial charge in [0.1, 0.15) is 0 Å². The summed E-state index contributed by atoms with van der Waals surface area (Å²) in [5.74, 6) is 0.435. The summed E-state index contributed by atoms with van der Waals surface area (Å²) in [4.78, 5) is 14.4. The molecule has 1 aliphatic heterocycles. The molecule has 1 aliphatic rings. The van der Waals surface area contributed by atoms with Gasteiger partial charge in [-0.25, -0.2) is 4.79 Å². The Bertz CT molecular complexity index is 731. The van der Waals surface area contributed by atoms with Gasteiger partial charge in [0, 0.05) is 18.8 Å².